The summed E-state index contributed by atoms with van der Waals surface area (Å²) in [5.41, 5.74) is 4.34. The summed E-state index contributed by atoms with van der Waals surface area (Å²) in [6.45, 7) is 8.60. The fraction of sp³-hybridized carbons (Fsp3) is 0.158. The largest absolute Gasteiger partial charge is 0.345 e. The van der Waals surface area contributed by atoms with Crippen LogP contribution < -0.4 is 5.32 Å². The van der Waals surface area contributed by atoms with Crippen molar-refractivity contribution in [1.29, 1.82) is 0 Å². The molecule has 0 unspecified atom stereocenters. The third-order valence-corrected chi connectivity index (χ3v) is 4.73. The average molecular weight is 355 g/mol. The van der Waals surface area contributed by atoms with Gasteiger partial charge < -0.3 is 4.57 Å². The molecule has 128 valence electrons. The molecule has 3 aromatic rings. The van der Waals surface area contributed by atoms with Crippen molar-refractivity contribution in [2.75, 3.05) is 5.32 Å². The van der Waals surface area contributed by atoms with Gasteiger partial charge in [0.2, 0.25) is 0 Å². The number of amides is 1. The lowest BCUT2D eigenvalue weighted by atomic mass is 10.2. The smallest absolute Gasteiger partial charge is 0.257 e. The number of aromatic nitrogens is 2. The minimum Gasteiger partial charge on any atom is -0.345 e. The van der Waals surface area contributed by atoms with Crippen LogP contribution in [0.2, 0.25) is 0 Å². The lowest BCUT2D eigenvalue weighted by molar-refractivity contribution is 0.102. The highest BCUT2D eigenvalue weighted by Crippen LogP contribution is 2.30. The third-order valence-electron chi connectivity index (χ3n) is 3.97. The summed E-state index contributed by atoms with van der Waals surface area (Å²) in [5.74, 6) is -0.820. The van der Waals surface area contributed by atoms with Crippen LogP contribution in [0.5, 0.6) is 0 Å². The van der Waals surface area contributed by atoms with Gasteiger partial charge in [0.25, 0.3) is 5.91 Å². The Labute approximate surface area is 149 Å². The van der Waals surface area contributed by atoms with E-state index in [-0.39, 0.29) is 11.5 Å². The van der Waals surface area contributed by atoms with E-state index in [2.05, 4.69) is 27.5 Å². The fourth-order valence-corrected chi connectivity index (χ4v) is 3.43. The molecular weight excluding hydrogens is 337 g/mol. The van der Waals surface area contributed by atoms with Gasteiger partial charge in [-0.1, -0.05) is 12.1 Å². The van der Waals surface area contributed by atoms with Crippen LogP contribution in [0.15, 0.2) is 48.4 Å². The zero-order valence-corrected chi connectivity index (χ0v) is 14.9. The Morgan fingerprint density at radius 1 is 1.40 bits per heavy atom. The van der Waals surface area contributed by atoms with Gasteiger partial charge in [-0.2, -0.15) is 0 Å². The van der Waals surface area contributed by atoms with Crippen LogP contribution in [0.4, 0.5) is 9.52 Å². The van der Waals surface area contributed by atoms with Gasteiger partial charge in [-0.25, -0.2) is 9.37 Å². The topological polar surface area (TPSA) is 46.9 Å². The minimum absolute atomic E-state index is 0.265. The summed E-state index contributed by atoms with van der Waals surface area (Å²) in [4.78, 5) is 16.7. The normalized spacial score (nSPS) is 10.7. The summed E-state index contributed by atoms with van der Waals surface area (Å²) in [7, 11) is 0. The molecule has 2 aromatic heterocycles. The maximum Gasteiger partial charge on any atom is 0.257 e. The number of rotatable bonds is 5. The lowest BCUT2D eigenvalue weighted by Gasteiger charge is -2.05. The number of thiazole rings is 1. The van der Waals surface area contributed by atoms with Gasteiger partial charge in [-0.3, -0.25) is 10.1 Å². The molecule has 0 fully saturated rings. The number of aryl methyl sites for hydroxylation is 1. The monoisotopic (exact) mass is 355 g/mol. The number of carbonyl (C=O) groups is 1. The molecule has 1 N–H and O–H groups in total. The quantitative estimate of drug-likeness (QED) is 0.668. The molecule has 1 amide bonds. The first-order valence-electron chi connectivity index (χ1n) is 7.80. The molecule has 1 aromatic carbocycles. The summed E-state index contributed by atoms with van der Waals surface area (Å²) in [6.07, 6.45) is 1.86. The highest BCUT2D eigenvalue weighted by molar-refractivity contribution is 7.14. The average Bonchev–Trinajstić information content (AvgIpc) is 3.14. The molecule has 6 heteroatoms. The second kappa shape index (κ2) is 7.03. The van der Waals surface area contributed by atoms with Crippen LogP contribution >= 0.6 is 11.3 Å². The van der Waals surface area contributed by atoms with Crippen LogP contribution in [-0.4, -0.2) is 15.5 Å². The van der Waals surface area contributed by atoms with Crippen molar-refractivity contribution in [3.8, 4) is 11.3 Å². The van der Waals surface area contributed by atoms with Crippen molar-refractivity contribution < 1.29 is 9.18 Å². The molecule has 0 radical (unpaired) electrons. The molecule has 25 heavy (non-hydrogen) atoms. The molecule has 3 rings (SSSR count). The van der Waals surface area contributed by atoms with E-state index < -0.39 is 5.82 Å². The first-order valence-corrected chi connectivity index (χ1v) is 8.68. The van der Waals surface area contributed by atoms with E-state index in [9.17, 15) is 9.18 Å². The van der Waals surface area contributed by atoms with Crippen molar-refractivity contribution in [1.82, 2.24) is 9.55 Å². The second-order valence-electron chi connectivity index (χ2n) is 5.69. The van der Waals surface area contributed by atoms with Crippen LogP contribution in [0, 0.1) is 19.7 Å². The van der Waals surface area contributed by atoms with Gasteiger partial charge in [0.15, 0.2) is 5.13 Å². The van der Waals surface area contributed by atoms with Gasteiger partial charge in [0.05, 0.1) is 5.69 Å². The summed E-state index contributed by atoms with van der Waals surface area (Å²) < 4.78 is 15.4. The summed E-state index contributed by atoms with van der Waals surface area (Å²) in [5, 5.41) is 5.11. The molecule has 2 heterocycles. The minimum atomic E-state index is -0.442. The standard InChI is InChI=1S/C19H18FN3OS/c1-4-8-23-12(2)9-16(13(23)3)17-11-25-19(21-17)22-18(24)14-6-5-7-15(20)10-14/h4-7,9-11H,1,8H2,2-3H3,(H,21,22,24). The van der Waals surface area contributed by atoms with Gasteiger partial charge in [0.1, 0.15) is 5.82 Å². The Kier molecular flexibility index (Phi) is 4.81. The molecule has 4 nitrogen and oxygen atoms in total. The van der Waals surface area contributed by atoms with Crippen LogP contribution in [0.3, 0.4) is 0 Å². The number of halogens is 1. The number of nitrogens with zero attached hydrogens (tertiary/aromatic N) is 2. The molecular formula is C19H18FN3OS. The molecule has 0 saturated carbocycles. The van der Waals surface area contributed by atoms with E-state index in [4.69, 9.17) is 0 Å². The number of anilines is 1. The summed E-state index contributed by atoms with van der Waals surface area (Å²) >= 11 is 1.34. The van der Waals surface area contributed by atoms with Crippen molar-refractivity contribution in [2.45, 2.75) is 20.4 Å². The predicted molar refractivity (Wildman–Crippen MR) is 99.6 cm³/mol. The van der Waals surface area contributed by atoms with Gasteiger partial charge in [-0.05, 0) is 38.1 Å². The van der Waals surface area contributed by atoms with Crippen molar-refractivity contribution in [3.05, 3.63) is 71.1 Å². The van der Waals surface area contributed by atoms with Gasteiger partial charge in [-0.15, -0.1) is 17.9 Å². The zero-order chi connectivity index (χ0) is 18.0. The number of benzene rings is 1. The first kappa shape index (κ1) is 17.1. The Bertz CT molecular complexity index is 942. The second-order valence-corrected chi connectivity index (χ2v) is 6.54. The number of carbonyl (C=O) groups excluding carboxylic acids is 1. The van der Waals surface area contributed by atoms with Crippen LogP contribution in [0.1, 0.15) is 21.7 Å². The molecule has 0 aliphatic heterocycles. The number of hydrogen-bond donors (Lipinski definition) is 1. The van der Waals surface area contributed by atoms with Crippen LogP contribution in [0.25, 0.3) is 11.3 Å². The molecule has 0 bridgehead atoms. The Morgan fingerprint density at radius 3 is 2.92 bits per heavy atom. The maximum absolute atomic E-state index is 13.2. The van der Waals surface area contributed by atoms with E-state index in [0.717, 1.165) is 29.2 Å². The third kappa shape index (κ3) is 3.53. The maximum atomic E-state index is 13.2. The number of hydrogen-bond acceptors (Lipinski definition) is 3. The van der Waals surface area contributed by atoms with E-state index in [1.807, 2.05) is 25.3 Å². The SMILES string of the molecule is C=CCn1c(C)cc(-c2csc(NC(=O)c3cccc(F)c3)n2)c1C. The first-order chi connectivity index (χ1) is 12.0. The lowest BCUT2D eigenvalue weighted by Crippen LogP contribution is -2.11. The fourth-order valence-electron chi connectivity index (χ4n) is 2.72. The van der Waals surface area contributed by atoms with Crippen molar-refractivity contribution >= 4 is 22.4 Å². The number of nitrogens with one attached hydrogen (secondary N) is 1. The molecule has 0 atom stereocenters. The number of allylic oxidation sites excluding steroid dienone is 1. The van der Waals surface area contributed by atoms with E-state index in [1.165, 1.54) is 29.5 Å². The Morgan fingerprint density at radius 2 is 2.20 bits per heavy atom. The molecule has 0 aliphatic carbocycles. The van der Waals surface area contributed by atoms with E-state index in [1.54, 1.807) is 6.07 Å². The molecule has 0 spiro atoms. The van der Waals surface area contributed by atoms with Gasteiger partial charge >= 0.3 is 0 Å². The zero-order valence-electron chi connectivity index (χ0n) is 14.0. The highest BCUT2D eigenvalue weighted by Gasteiger charge is 2.15. The van der Waals surface area contributed by atoms with Gasteiger partial charge in [0, 0.05) is 34.4 Å². The van der Waals surface area contributed by atoms with E-state index >= 15 is 0 Å². The summed E-state index contributed by atoms with van der Waals surface area (Å²) in [6, 6.07) is 7.65. The van der Waals surface area contributed by atoms with Crippen LogP contribution in [-0.2, 0) is 6.54 Å². The van der Waals surface area contributed by atoms with Crippen molar-refractivity contribution in [3.63, 3.8) is 0 Å². The highest BCUT2D eigenvalue weighted by atomic mass is 32.1. The Balaban J connectivity index is 1.82. The molecule has 0 saturated heterocycles. The van der Waals surface area contributed by atoms with Crippen molar-refractivity contribution in [2.24, 2.45) is 0 Å². The Hall–Kier alpha value is -2.73. The predicted octanol–water partition coefficient (Wildman–Crippen LogP) is 4.81. The molecule has 0 aliphatic rings. The van der Waals surface area contributed by atoms with E-state index in [0.29, 0.717) is 5.13 Å².